The molecule has 0 radical (unpaired) electrons. The molecule has 0 aliphatic carbocycles. The number of hydrogen-bond acceptors (Lipinski definition) is 5. The van der Waals surface area contributed by atoms with E-state index in [1.54, 1.807) is 28.4 Å². The molecule has 0 spiro atoms. The van der Waals surface area contributed by atoms with Gasteiger partial charge in [-0.25, -0.2) is 0 Å². The molecule has 102 valence electrons. The fourth-order valence-electron chi connectivity index (χ4n) is 1.74. The van der Waals surface area contributed by atoms with E-state index in [1.165, 1.54) is 0 Å². The summed E-state index contributed by atoms with van der Waals surface area (Å²) in [5.74, 6) is 1.90. The summed E-state index contributed by atoms with van der Waals surface area (Å²) in [7, 11) is 6.46. The molecular weight excluding hydrogens is 234 g/mol. The van der Waals surface area contributed by atoms with Crippen molar-refractivity contribution in [2.45, 2.75) is 13.5 Å². The summed E-state index contributed by atoms with van der Waals surface area (Å²) in [4.78, 5) is 5.23. The van der Waals surface area contributed by atoms with Crippen molar-refractivity contribution in [2.24, 2.45) is 0 Å². The number of nitrogens with zero attached hydrogens (tertiary/aromatic N) is 1. The molecule has 0 bridgehead atoms. The Morgan fingerprint density at radius 3 is 1.83 bits per heavy atom. The minimum Gasteiger partial charge on any atom is -0.493 e. The fourth-order valence-corrected chi connectivity index (χ4v) is 1.74. The first-order chi connectivity index (χ1) is 8.69. The van der Waals surface area contributed by atoms with Crippen molar-refractivity contribution in [3.05, 3.63) is 17.7 Å². The molecule has 0 saturated heterocycles. The van der Waals surface area contributed by atoms with Crippen LogP contribution in [-0.4, -0.2) is 40.0 Å². The molecule has 0 atom stereocenters. The lowest BCUT2D eigenvalue weighted by Gasteiger charge is -2.19. The Hall–Kier alpha value is -1.46. The van der Waals surface area contributed by atoms with Gasteiger partial charge in [0.25, 0.3) is 0 Å². The van der Waals surface area contributed by atoms with Crippen LogP contribution in [0.15, 0.2) is 12.1 Å². The van der Waals surface area contributed by atoms with Gasteiger partial charge in [-0.3, -0.25) is 0 Å². The molecule has 1 aromatic carbocycles. The van der Waals surface area contributed by atoms with E-state index >= 15 is 0 Å². The molecule has 5 nitrogen and oxygen atoms in total. The Kier molecular flexibility index (Phi) is 5.74. The molecule has 0 amide bonds. The highest BCUT2D eigenvalue weighted by molar-refractivity contribution is 5.53. The Balaban J connectivity index is 3.06. The summed E-state index contributed by atoms with van der Waals surface area (Å²) in [5.41, 5.74) is 1.04. The molecule has 0 N–H and O–H groups in total. The third-order valence-electron chi connectivity index (χ3n) is 2.69. The highest BCUT2D eigenvalue weighted by Crippen LogP contribution is 2.38. The zero-order chi connectivity index (χ0) is 13.5. The Bertz CT molecular complexity index is 352. The zero-order valence-electron chi connectivity index (χ0n) is 11.6. The van der Waals surface area contributed by atoms with Gasteiger partial charge in [-0.05, 0) is 17.7 Å². The lowest BCUT2D eigenvalue weighted by Crippen LogP contribution is -2.21. The molecule has 0 fully saturated rings. The Labute approximate surface area is 108 Å². The number of hydrogen-bond donors (Lipinski definition) is 0. The lowest BCUT2D eigenvalue weighted by molar-refractivity contribution is -0.135. The third-order valence-corrected chi connectivity index (χ3v) is 2.69. The van der Waals surface area contributed by atoms with Crippen LogP contribution in [-0.2, 0) is 11.4 Å². The zero-order valence-corrected chi connectivity index (χ0v) is 11.6. The van der Waals surface area contributed by atoms with E-state index in [4.69, 9.17) is 19.0 Å². The van der Waals surface area contributed by atoms with E-state index in [-0.39, 0.29) is 0 Å². The number of methoxy groups -OCH3 is 3. The maximum absolute atomic E-state index is 5.30. The van der Waals surface area contributed by atoms with Crippen LogP contribution in [0.2, 0.25) is 0 Å². The van der Waals surface area contributed by atoms with Crippen molar-refractivity contribution in [2.75, 3.05) is 35.0 Å². The first-order valence-electron chi connectivity index (χ1n) is 5.78. The van der Waals surface area contributed by atoms with Crippen molar-refractivity contribution in [1.29, 1.82) is 0 Å². The second kappa shape index (κ2) is 7.08. The summed E-state index contributed by atoms with van der Waals surface area (Å²) in [6.45, 7) is 3.48. The van der Waals surface area contributed by atoms with Gasteiger partial charge in [-0.2, -0.15) is 5.06 Å². The molecule has 1 aromatic rings. The van der Waals surface area contributed by atoms with Gasteiger partial charge in [-0.15, -0.1) is 0 Å². The summed E-state index contributed by atoms with van der Waals surface area (Å²) in [6.07, 6.45) is 0. The van der Waals surface area contributed by atoms with E-state index in [1.807, 2.05) is 24.1 Å². The van der Waals surface area contributed by atoms with E-state index in [0.29, 0.717) is 23.8 Å². The quantitative estimate of drug-likeness (QED) is 0.698. The maximum Gasteiger partial charge on any atom is 0.203 e. The standard InChI is InChI=1S/C13H21NO4/c1-6-14(18-5)9-10-7-11(15-2)13(17-4)12(8-10)16-3/h7-8H,6,9H2,1-5H3. The van der Waals surface area contributed by atoms with Crippen molar-refractivity contribution < 1.29 is 19.0 Å². The van der Waals surface area contributed by atoms with Crippen molar-refractivity contribution in [3.63, 3.8) is 0 Å². The topological polar surface area (TPSA) is 40.2 Å². The van der Waals surface area contributed by atoms with Crippen LogP contribution in [0.1, 0.15) is 12.5 Å². The average molecular weight is 255 g/mol. The molecule has 18 heavy (non-hydrogen) atoms. The van der Waals surface area contributed by atoms with Crippen molar-refractivity contribution in [3.8, 4) is 17.2 Å². The van der Waals surface area contributed by atoms with E-state index in [9.17, 15) is 0 Å². The first kappa shape index (κ1) is 14.6. The minimum absolute atomic E-state index is 0.601. The summed E-state index contributed by atoms with van der Waals surface area (Å²) in [6, 6.07) is 3.84. The van der Waals surface area contributed by atoms with Crippen LogP contribution in [0.5, 0.6) is 17.2 Å². The molecular formula is C13H21NO4. The molecule has 0 saturated carbocycles. The molecule has 5 heteroatoms. The van der Waals surface area contributed by atoms with Crippen LogP contribution >= 0.6 is 0 Å². The highest BCUT2D eigenvalue weighted by Gasteiger charge is 2.14. The normalized spacial score (nSPS) is 10.6. The van der Waals surface area contributed by atoms with Crippen LogP contribution < -0.4 is 14.2 Å². The molecule has 0 heterocycles. The largest absolute Gasteiger partial charge is 0.493 e. The number of benzene rings is 1. The molecule has 0 aromatic heterocycles. The highest BCUT2D eigenvalue weighted by atomic mass is 16.7. The first-order valence-corrected chi connectivity index (χ1v) is 5.78. The molecule has 0 aliphatic rings. The summed E-state index contributed by atoms with van der Waals surface area (Å²) >= 11 is 0. The van der Waals surface area contributed by atoms with Gasteiger partial charge in [0.05, 0.1) is 28.4 Å². The van der Waals surface area contributed by atoms with Gasteiger partial charge in [0.2, 0.25) is 5.75 Å². The SMILES string of the molecule is CCN(Cc1cc(OC)c(OC)c(OC)c1)OC. The summed E-state index contributed by atoms with van der Waals surface area (Å²) < 4.78 is 15.9. The maximum atomic E-state index is 5.30. The number of rotatable bonds is 7. The smallest absolute Gasteiger partial charge is 0.203 e. The van der Waals surface area contributed by atoms with Gasteiger partial charge in [0.15, 0.2) is 11.5 Å². The lowest BCUT2D eigenvalue weighted by atomic mass is 10.1. The van der Waals surface area contributed by atoms with E-state index < -0.39 is 0 Å². The predicted molar refractivity (Wildman–Crippen MR) is 69.2 cm³/mol. The van der Waals surface area contributed by atoms with Gasteiger partial charge in [-0.1, -0.05) is 6.92 Å². The molecule has 1 rings (SSSR count). The van der Waals surface area contributed by atoms with Gasteiger partial charge in [0.1, 0.15) is 0 Å². The summed E-state index contributed by atoms with van der Waals surface area (Å²) in [5, 5.41) is 1.83. The number of hydroxylamine groups is 2. The second-order valence-corrected chi connectivity index (χ2v) is 3.67. The minimum atomic E-state index is 0.601. The fraction of sp³-hybridized carbons (Fsp3) is 0.538. The van der Waals surface area contributed by atoms with Crippen LogP contribution in [0.3, 0.4) is 0 Å². The van der Waals surface area contributed by atoms with Crippen LogP contribution in [0.25, 0.3) is 0 Å². The third kappa shape index (κ3) is 3.27. The van der Waals surface area contributed by atoms with Gasteiger partial charge in [0, 0.05) is 13.1 Å². The number of ether oxygens (including phenoxy) is 3. The van der Waals surface area contributed by atoms with E-state index in [2.05, 4.69) is 0 Å². The predicted octanol–water partition coefficient (Wildman–Crippen LogP) is 2.10. The van der Waals surface area contributed by atoms with Crippen LogP contribution in [0, 0.1) is 0 Å². The monoisotopic (exact) mass is 255 g/mol. The molecule has 0 aliphatic heterocycles. The van der Waals surface area contributed by atoms with Crippen molar-refractivity contribution >= 4 is 0 Å². The van der Waals surface area contributed by atoms with Gasteiger partial charge >= 0.3 is 0 Å². The Morgan fingerprint density at radius 1 is 0.944 bits per heavy atom. The second-order valence-electron chi connectivity index (χ2n) is 3.67. The van der Waals surface area contributed by atoms with Gasteiger partial charge < -0.3 is 19.0 Å². The van der Waals surface area contributed by atoms with Crippen molar-refractivity contribution in [1.82, 2.24) is 5.06 Å². The average Bonchev–Trinajstić information content (AvgIpc) is 2.43. The van der Waals surface area contributed by atoms with E-state index in [0.717, 1.165) is 12.1 Å². The van der Waals surface area contributed by atoms with Crippen LogP contribution in [0.4, 0.5) is 0 Å². The Morgan fingerprint density at radius 2 is 1.50 bits per heavy atom. The molecule has 0 unspecified atom stereocenters.